The fourth-order valence-electron chi connectivity index (χ4n) is 3.98. The van der Waals surface area contributed by atoms with Gasteiger partial charge in [0.25, 0.3) is 5.69 Å². The Kier molecular flexibility index (Phi) is 5.41. The highest BCUT2D eigenvalue weighted by Gasteiger charge is 2.36. The van der Waals surface area contributed by atoms with Gasteiger partial charge >= 0.3 is 0 Å². The van der Waals surface area contributed by atoms with E-state index in [0.717, 1.165) is 24.1 Å². The number of hydrogen-bond acceptors (Lipinski definition) is 5. The molecule has 1 saturated heterocycles. The standard InChI is InChI=1S/C19H24N4O4/c1-14-5-6-16(22(25)26)12-18(14)23(27)11-3-2-4-17(23)15-7-9-21(10-8-15)13-19(20)24/h2-6,12,15H,7-11,13H2,1H3,(H2,20,24). The number of rotatable bonds is 5. The molecule has 0 saturated carbocycles. The number of benzene rings is 1. The molecule has 1 atom stereocenters. The summed E-state index contributed by atoms with van der Waals surface area (Å²) >= 11 is 0. The molecule has 0 spiro atoms. The number of quaternary nitrogens is 1. The van der Waals surface area contributed by atoms with Crippen molar-refractivity contribution in [2.75, 3.05) is 26.2 Å². The fourth-order valence-corrected chi connectivity index (χ4v) is 3.98. The number of likely N-dealkylation sites (tertiary alicyclic amines) is 1. The molecule has 8 nitrogen and oxygen atoms in total. The van der Waals surface area contributed by atoms with Crippen molar-refractivity contribution in [3.05, 3.63) is 63.0 Å². The molecule has 2 aliphatic heterocycles. The average Bonchev–Trinajstić information content (AvgIpc) is 2.62. The number of nitro benzene ring substituents is 1. The van der Waals surface area contributed by atoms with Gasteiger partial charge in [0, 0.05) is 17.5 Å². The van der Waals surface area contributed by atoms with Gasteiger partial charge in [-0.3, -0.25) is 24.5 Å². The predicted molar refractivity (Wildman–Crippen MR) is 103 cm³/mol. The normalized spacial score (nSPS) is 23.9. The first kappa shape index (κ1) is 19.2. The topological polar surface area (TPSA) is 113 Å². The Morgan fingerprint density at radius 3 is 2.70 bits per heavy atom. The molecular formula is C19H24N4O4. The zero-order valence-electron chi connectivity index (χ0n) is 15.3. The van der Waals surface area contributed by atoms with Gasteiger partial charge in [-0.1, -0.05) is 6.08 Å². The molecule has 0 aliphatic carbocycles. The lowest BCUT2D eigenvalue weighted by atomic mass is 9.90. The van der Waals surface area contributed by atoms with Crippen molar-refractivity contribution in [1.29, 1.82) is 0 Å². The summed E-state index contributed by atoms with van der Waals surface area (Å²) in [6, 6.07) is 4.46. The smallest absolute Gasteiger partial charge is 0.275 e. The van der Waals surface area contributed by atoms with Crippen molar-refractivity contribution in [2.24, 2.45) is 11.7 Å². The third-order valence-corrected chi connectivity index (χ3v) is 5.36. The number of piperidine rings is 1. The lowest BCUT2D eigenvalue weighted by Gasteiger charge is -2.48. The molecule has 2 N–H and O–H groups in total. The van der Waals surface area contributed by atoms with Crippen LogP contribution in [0.15, 0.2) is 42.1 Å². The molecule has 2 aliphatic rings. The predicted octanol–water partition coefficient (Wildman–Crippen LogP) is 2.36. The van der Waals surface area contributed by atoms with Crippen LogP contribution >= 0.6 is 0 Å². The van der Waals surface area contributed by atoms with Crippen molar-refractivity contribution in [3.63, 3.8) is 0 Å². The van der Waals surface area contributed by atoms with Gasteiger partial charge in [-0.05, 0) is 51.1 Å². The van der Waals surface area contributed by atoms with Crippen molar-refractivity contribution < 1.29 is 9.72 Å². The van der Waals surface area contributed by atoms with Gasteiger partial charge in [-0.2, -0.15) is 0 Å². The lowest BCUT2D eigenvalue weighted by molar-refractivity contribution is -0.384. The second-order valence-electron chi connectivity index (χ2n) is 7.19. The first-order valence-corrected chi connectivity index (χ1v) is 9.04. The average molecular weight is 372 g/mol. The number of primary amides is 1. The Bertz CT molecular complexity index is 812. The van der Waals surface area contributed by atoms with E-state index >= 15 is 0 Å². The number of allylic oxidation sites excluding steroid dienone is 3. The molecule has 27 heavy (non-hydrogen) atoms. The van der Waals surface area contributed by atoms with Crippen molar-refractivity contribution in [3.8, 4) is 0 Å². The van der Waals surface area contributed by atoms with Crippen LogP contribution in [0.1, 0.15) is 18.4 Å². The van der Waals surface area contributed by atoms with E-state index in [4.69, 9.17) is 5.73 Å². The molecule has 1 fully saturated rings. The van der Waals surface area contributed by atoms with Crippen LogP contribution in [-0.2, 0) is 4.79 Å². The van der Waals surface area contributed by atoms with E-state index in [1.54, 1.807) is 12.1 Å². The second kappa shape index (κ2) is 7.59. The van der Waals surface area contributed by atoms with E-state index < -0.39 is 9.57 Å². The number of carbonyl (C=O) groups is 1. The molecule has 1 unspecified atom stereocenters. The number of amides is 1. The molecule has 0 aromatic heterocycles. The fraction of sp³-hybridized carbons (Fsp3) is 0.421. The third kappa shape index (κ3) is 3.92. The van der Waals surface area contributed by atoms with E-state index in [1.807, 2.05) is 24.0 Å². The zero-order chi connectivity index (χ0) is 19.6. The number of non-ortho nitro benzene ring substituents is 1. The van der Waals surface area contributed by atoms with Crippen molar-refractivity contribution in [1.82, 2.24) is 9.55 Å². The van der Waals surface area contributed by atoms with Crippen LogP contribution in [0.4, 0.5) is 11.4 Å². The van der Waals surface area contributed by atoms with Gasteiger partial charge in [0.15, 0.2) is 0 Å². The third-order valence-electron chi connectivity index (χ3n) is 5.36. The van der Waals surface area contributed by atoms with Crippen LogP contribution in [0.2, 0.25) is 0 Å². The number of carbonyl (C=O) groups excluding carboxylic acids is 1. The maximum Gasteiger partial charge on any atom is 0.275 e. The summed E-state index contributed by atoms with van der Waals surface area (Å²) in [6.45, 7) is 3.65. The number of hydrogen-bond donors (Lipinski definition) is 1. The molecule has 144 valence electrons. The molecule has 1 amide bonds. The monoisotopic (exact) mass is 372 g/mol. The minimum absolute atomic E-state index is 0.0650. The number of nitrogens with zero attached hydrogens (tertiary/aromatic N) is 3. The van der Waals surface area contributed by atoms with Gasteiger partial charge < -0.3 is 10.9 Å². The first-order valence-electron chi connectivity index (χ1n) is 9.04. The molecule has 3 rings (SSSR count). The van der Waals surface area contributed by atoms with E-state index in [2.05, 4.69) is 0 Å². The molecule has 0 bridgehead atoms. The number of hydroxylamine groups is 2. The highest BCUT2D eigenvalue weighted by molar-refractivity contribution is 5.75. The van der Waals surface area contributed by atoms with Crippen LogP contribution in [0, 0.1) is 28.2 Å². The Balaban J connectivity index is 1.88. The van der Waals surface area contributed by atoms with Gasteiger partial charge in [0.1, 0.15) is 17.9 Å². The van der Waals surface area contributed by atoms with Crippen molar-refractivity contribution in [2.45, 2.75) is 19.8 Å². The molecule has 1 aromatic rings. The Labute approximate surface area is 157 Å². The minimum atomic E-state index is -0.690. The van der Waals surface area contributed by atoms with Gasteiger partial charge in [0.2, 0.25) is 5.91 Å². The number of nitro groups is 1. The maximum atomic E-state index is 13.9. The van der Waals surface area contributed by atoms with E-state index in [-0.39, 0.29) is 30.6 Å². The Hall–Kier alpha value is -2.55. The summed E-state index contributed by atoms with van der Waals surface area (Å²) in [5.74, 6) is -0.287. The lowest BCUT2D eigenvalue weighted by Crippen LogP contribution is -2.49. The SMILES string of the molecule is Cc1ccc([N+](=O)[O-])cc1[N+]1([O-])CC=CC=C1C1CCN(CC(N)=O)CC1. The van der Waals surface area contributed by atoms with E-state index in [0.29, 0.717) is 18.8 Å². The van der Waals surface area contributed by atoms with Gasteiger partial charge in [-0.15, -0.1) is 0 Å². The molecule has 0 radical (unpaired) electrons. The van der Waals surface area contributed by atoms with E-state index in [9.17, 15) is 20.1 Å². The van der Waals surface area contributed by atoms with Gasteiger partial charge in [0.05, 0.1) is 17.5 Å². The van der Waals surface area contributed by atoms with Crippen LogP contribution in [0.3, 0.4) is 0 Å². The zero-order valence-corrected chi connectivity index (χ0v) is 15.3. The summed E-state index contributed by atoms with van der Waals surface area (Å²) in [5, 5.41) is 25.1. The van der Waals surface area contributed by atoms with Crippen LogP contribution in [0.5, 0.6) is 0 Å². The highest BCUT2D eigenvalue weighted by atomic mass is 16.6. The summed E-state index contributed by atoms with van der Waals surface area (Å²) in [6.07, 6.45) is 7.04. The summed E-state index contributed by atoms with van der Waals surface area (Å²) in [7, 11) is 0. The second-order valence-corrected chi connectivity index (χ2v) is 7.19. The molecule has 2 heterocycles. The van der Waals surface area contributed by atoms with E-state index in [1.165, 1.54) is 12.1 Å². The Morgan fingerprint density at radius 1 is 1.37 bits per heavy atom. The minimum Gasteiger partial charge on any atom is -0.622 e. The molecule has 1 aromatic carbocycles. The highest BCUT2D eigenvalue weighted by Crippen LogP contribution is 2.40. The largest absolute Gasteiger partial charge is 0.622 e. The van der Waals surface area contributed by atoms with Crippen molar-refractivity contribution >= 4 is 17.3 Å². The Morgan fingerprint density at radius 2 is 2.07 bits per heavy atom. The first-order chi connectivity index (χ1) is 12.8. The van der Waals surface area contributed by atoms with Crippen LogP contribution in [0.25, 0.3) is 0 Å². The van der Waals surface area contributed by atoms with Gasteiger partial charge in [-0.25, -0.2) is 0 Å². The summed E-state index contributed by atoms with van der Waals surface area (Å²) < 4.78 is -0.690. The molecular weight excluding hydrogens is 348 g/mol. The van der Waals surface area contributed by atoms with Crippen LogP contribution < -0.4 is 10.4 Å². The summed E-state index contributed by atoms with van der Waals surface area (Å²) in [4.78, 5) is 23.8. The van der Waals surface area contributed by atoms with Crippen LogP contribution in [-0.4, -0.2) is 41.9 Å². The maximum absolute atomic E-state index is 13.9. The quantitative estimate of drug-likeness (QED) is 0.369. The number of nitrogens with two attached hydrogens (primary N) is 1. The number of aryl methyl sites for hydroxylation is 1. The molecule has 8 heteroatoms. The summed E-state index contributed by atoms with van der Waals surface area (Å²) in [5.41, 5.74) is 7.07.